The van der Waals surface area contributed by atoms with Crippen molar-refractivity contribution in [2.24, 2.45) is 5.41 Å². The summed E-state index contributed by atoms with van der Waals surface area (Å²) in [6, 6.07) is 9.35. The largest absolute Gasteiger partial charge is 0.481 e. The Hall–Kier alpha value is -3.95. The molecule has 2 aromatic heterocycles. The smallest absolute Gasteiger partial charge is 0.416 e. The quantitative estimate of drug-likeness (QED) is 0.508. The van der Waals surface area contributed by atoms with Crippen LogP contribution in [0.25, 0.3) is 27.4 Å². The molecule has 0 saturated heterocycles. The zero-order valence-corrected chi connectivity index (χ0v) is 17.0. The molecule has 1 aliphatic rings. The first-order chi connectivity index (χ1) is 15.6. The maximum absolute atomic E-state index is 13.5. The minimum atomic E-state index is -4.70. The van der Waals surface area contributed by atoms with Gasteiger partial charge in [-0.3, -0.25) is 19.1 Å². The van der Waals surface area contributed by atoms with Gasteiger partial charge in [-0.05, 0) is 31.0 Å². The van der Waals surface area contributed by atoms with Crippen molar-refractivity contribution in [1.29, 1.82) is 0 Å². The van der Waals surface area contributed by atoms with E-state index in [9.17, 15) is 32.7 Å². The van der Waals surface area contributed by atoms with Crippen LogP contribution >= 0.6 is 0 Å². The second kappa shape index (κ2) is 7.03. The number of carboxylic acids is 1. The molecule has 1 aliphatic carbocycles. The summed E-state index contributed by atoms with van der Waals surface area (Å²) in [5.41, 5.74) is -3.95. The number of nitrogens with zero attached hydrogens (tertiary/aromatic N) is 3. The first kappa shape index (κ1) is 20.9. The summed E-state index contributed by atoms with van der Waals surface area (Å²) >= 11 is 0. The number of pyridine rings is 1. The van der Waals surface area contributed by atoms with Crippen molar-refractivity contribution in [3.8, 4) is 5.69 Å². The summed E-state index contributed by atoms with van der Waals surface area (Å²) in [5.74, 6) is -1.10. The molecule has 4 aromatic rings. The Morgan fingerprint density at radius 3 is 2.45 bits per heavy atom. The molecule has 2 aromatic carbocycles. The Bertz CT molecular complexity index is 1560. The van der Waals surface area contributed by atoms with E-state index >= 15 is 0 Å². The third kappa shape index (κ3) is 3.29. The number of carboxylic acid groups (broad SMARTS) is 1. The van der Waals surface area contributed by atoms with Crippen LogP contribution in [0.5, 0.6) is 0 Å². The molecule has 0 spiro atoms. The highest BCUT2D eigenvalue weighted by Gasteiger charge is 2.51. The van der Waals surface area contributed by atoms with E-state index in [4.69, 9.17) is 0 Å². The van der Waals surface area contributed by atoms with E-state index in [-0.39, 0.29) is 23.1 Å². The van der Waals surface area contributed by atoms with Crippen LogP contribution in [-0.4, -0.2) is 25.2 Å². The lowest BCUT2D eigenvalue weighted by molar-refractivity contribution is -0.144. The molecule has 33 heavy (non-hydrogen) atoms. The van der Waals surface area contributed by atoms with Crippen molar-refractivity contribution < 1.29 is 23.1 Å². The number of hydrogen-bond donors (Lipinski definition) is 1. The monoisotopic (exact) mass is 455 g/mol. The van der Waals surface area contributed by atoms with Crippen molar-refractivity contribution >= 4 is 27.6 Å². The number of fused-ring (bicyclic) bond motifs is 2. The first-order valence-electron chi connectivity index (χ1n) is 10.1. The van der Waals surface area contributed by atoms with Gasteiger partial charge in [0.1, 0.15) is 0 Å². The molecule has 0 bridgehead atoms. The first-order valence-corrected chi connectivity index (χ1v) is 10.1. The van der Waals surface area contributed by atoms with Crippen LogP contribution < -0.4 is 11.2 Å². The second-order valence-electron chi connectivity index (χ2n) is 8.20. The number of rotatable bonds is 4. The standard InChI is InChI=1S/C23H16F3N3O4/c24-23(25,26)14-5-6-17-16(9-14)19(30)29(18-11-27-10-13-3-1-2-4-15(13)18)21(33)28(17)12-22(7-8-22)20(31)32/h1-6,9-11H,7-8,12H2,(H,31,32). The maximum Gasteiger partial charge on any atom is 0.416 e. The SMILES string of the molecule is O=C(O)C1(Cn2c(=O)n(-c3cncc4ccccc34)c(=O)c3cc(C(F)(F)F)ccc32)CC1. The Labute approximate surface area is 183 Å². The number of alkyl halides is 3. The van der Waals surface area contributed by atoms with E-state index in [1.165, 1.54) is 12.4 Å². The van der Waals surface area contributed by atoms with Gasteiger partial charge >= 0.3 is 17.8 Å². The molecular weight excluding hydrogens is 439 g/mol. The highest BCUT2D eigenvalue weighted by molar-refractivity contribution is 5.89. The van der Waals surface area contributed by atoms with E-state index < -0.39 is 34.4 Å². The molecule has 10 heteroatoms. The van der Waals surface area contributed by atoms with Crippen LogP contribution in [0.1, 0.15) is 18.4 Å². The van der Waals surface area contributed by atoms with E-state index in [1.54, 1.807) is 24.3 Å². The van der Waals surface area contributed by atoms with Gasteiger partial charge in [0.05, 0.1) is 33.8 Å². The highest BCUT2D eigenvalue weighted by Crippen LogP contribution is 2.47. The fourth-order valence-corrected chi connectivity index (χ4v) is 4.09. The molecule has 1 N–H and O–H groups in total. The minimum absolute atomic E-state index is 0.0463. The van der Waals surface area contributed by atoms with Crippen molar-refractivity contribution in [1.82, 2.24) is 14.1 Å². The average Bonchev–Trinajstić information content (AvgIpc) is 3.57. The lowest BCUT2D eigenvalue weighted by Crippen LogP contribution is -2.41. The van der Waals surface area contributed by atoms with Gasteiger partial charge in [0.2, 0.25) is 0 Å². The molecule has 1 fully saturated rings. The third-order valence-corrected chi connectivity index (χ3v) is 6.13. The molecule has 0 radical (unpaired) electrons. The van der Waals surface area contributed by atoms with Crippen LogP contribution in [0.2, 0.25) is 0 Å². The van der Waals surface area contributed by atoms with Crippen molar-refractivity contribution in [3.05, 3.63) is 81.3 Å². The van der Waals surface area contributed by atoms with Gasteiger partial charge in [0, 0.05) is 23.5 Å². The van der Waals surface area contributed by atoms with Crippen LogP contribution in [-0.2, 0) is 17.5 Å². The molecule has 168 valence electrons. The number of benzene rings is 2. The average molecular weight is 455 g/mol. The molecule has 0 amide bonds. The minimum Gasteiger partial charge on any atom is -0.481 e. The Balaban J connectivity index is 1.89. The van der Waals surface area contributed by atoms with Gasteiger partial charge in [0.15, 0.2) is 0 Å². The van der Waals surface area contributed by atoms with Gasteiger partial charge in [-0.15, -0.1) is 0 Å². The van der Waals surface area contributed by atoms with E-state index in [0.29, 0.717) is 29.7 Å². The van der Waals surface area contributed by atoms with Crippen molar-refractivity contribution in [2.75, 3.05) is 0 Å². The number of aliphatic carboxylic acids is 1. The molecule has 0 aliphatic heterocycles. The normalized spacial score (nSPS) is 15.1. The number of hydrogen-bond acceptors (Lipinski definition) is 4. The van der Waals surface area contributed by atoms with Gasteiger partial charge in [0.25, 0.3) is 5.56 Å². The predicted molar refractivity (Wildman–Crippen MR) is 113 cm³/mol. The second-order valence-corrected chi connectivity index (χ2v) is 8.20. The van der Waals surface area contributed by atoms with Crippen molar-refractivity contribution in [3.63, 3.8) is 0 Å². The summed E-state index contributed by atoms with van der Waals surface area (Å²) in [6.07, 6.45) is -1.22. The predicted octanol–water partition coefficient (Wildman–Crippen LogP) is 3.58. The number of carbonyl (C=O) groups is 1. The summed E-state index contributed by atoms with van der Waals surface area (Å²) in [7, 11) is 0. The van der Waals surface area contributed by atoms with Gasteiger partial charge in [-0.2, -0.15) is 13.2 Å². The lowest BCUT2D eigenvalue weighted by Gasteiger charge is -2.18. The third-order valence-electron chi connectivity index (χ3n) is 6.13. The molecule has 1 saturated carbocycles. The fourth-order valence-electron chi connectivity index (χ4n) is 4.09. The summed E-state index contributed by atoms with van der Waals surface area (Å²) in [6.45, 7) is -0.262. The molecule has 0 unspecified atom stereocenters. The van der Waals surface area contributed by atoms with Crippen LogP contribution in [0.3, 0.4) is 0 Å². The molecule has 2 heterocycles. The van der Waals surface area contributed by atoms with Crippen molar-refractivity contribution in [2.45, 2.75) is 25.6 Å². The Morgan fingerprint density at radius 2 is 1.79 bits per heavy atom. The van der Waals surface area contributed by atoms with E-state index in [1.807, 2.05) is 0 Å². The zero-order chi connectivity index (χ0) is 23.5. The summed E-state index contributed by atoms with van der Waals surface area (Å²) in [4.78, 5) is 42.8. The summed E-state index contributed by atoms with van der Waals surface area (Å²) < 4.78 is 42.0. The van der Waals surface area contributed by atoms with Gasteiger partial charge in [-0.1, -0.05) is 24.3 Å². The number of aromatic nitrogens is 3. The maximum atomic E-state index is 13.5. The lowest BCUT2D eigenvalue weighted by atomic mass is 10.1. The molecule has 0 atom stereocenters. The molecular formula is C23H16F3N3O4. The van der Waals surface area contributed by atoms with Crippen LogP contribution in [0.4, 0.5) is 13.2 Å². The number of halogens is 3. The van der Waals surface area contributed by atoms with Gasteiger partial charge < -0.3 is 5.11 Å². The fraction of sp³-hybridized carbons (Fsp3) is 0.217. The van der Waals surface area contributed by atoms with E-state index in [0.717, 1.165) is 21.3 Å². The Morgan fingerprint density at radius 1 is 1.06 bits per heavy atom. The van der Waals surface area contributed by atoms with Crippen LogP contribution in [0.15, 0.2) is 64.4 Å². The Kier molecular flexibility index (Phi) is 4.45. The summed E-state index contributed by atoms with van der Waals surface area (Å²) in [5, 5.41) is 10.4. The zero-order valence-electron chi connectivity index (χ0n) is 17.0. The van der Waals surface area contributed by atoms with Gasteiger partial charge in [-0.25, -0.2) is 9.36 Å². The molecule has 7 nitrogen and oxygen atoms in total. The van der Waals surface area contributed by atoms with Crippen LogP contribution in [0, 0.1) is 5.41 Å². The highest BCUT2D eigenvalue weighted by atomic mass is 19.4. The topological polar surface area (TPSA) is 94.2 Å². The van der Waals surface area contributed by atoms with E-state index in [2.05, 4.69) is 4.98 Å². The molecule has 5 rings (SSSR count).